The van der Waals surface area contributed by atoms with E-state index in [9.17, 15) is 14.7 Å². The molecule has 6 unspecified atom stereocenters. The molecule has 0 spiro atoms. The molecule has 5 aromatic carbocycles. The maximum absolute atomic E-state index is 15.4. The molecule has 9 nitrogen and oxygen atoms in total. The van der Waals surface area contributed by atoms with E-state index in [4.69, 9.17) is 21.1 Å². The van der Waals surface area contributed by atoms with Crippen LogP contribution in [0.25, 0.3) is 12.2 Å². The fourth-order valence-corrected chi connectivity index (χ4v) is 10.3. The van der Waals surface area contributed by atoms with E-state index in [1.807, 2.05) is 85.0 Å². The molecule has 2 heterocycles. The summed E-state index contributed by atoms with van der Waals surface area (Å²) in [5, 5.41) is 11.0. The Bertz CT molecular complexity index is 2600. The molecule has 0 aromatic heterocycles. The van der Waals surface area contributed by atoms with E-state index in [1.54, 1.807) is 69.7 Å². The van der Waals surface area contributed by atoms with E-state index in [2.05, 4.69) is 0 Å². The van der Waals surface area contributed by atoms with Gasteiger partial charge in [-0.3, -0.25) is 24.1 Å². The maximum Gasteiger partial charge on any atom is 0.246 e. The number of ether oxygens (including phenoxy) is 2. The van der Waals surface area contributed by atoms with E-state index in [0.29, 0.717) is 45.4 Å². The number of fused-ring (bicyclic) bond motifs is 4. The van der Waals surface area contributed by atoms with E-state index >= 15 is 9.59 Å². The lowest BCUT2D eigenvalue weighted by Crippen LogP contribution is -2.53. The number of allylic oxidation sites excluding steroid dienone is 2. The van der Waals surface area contributed by atoms with Gasteiger partial charge in [-0.1, -0.05) is 96.1 Å². The Labute approximate surface area is 347 Å². The Hall–Kier alpha value is -6.45. The summed E-state index contributed by atoms with van der Waals surface area (Å²) in [5.74, 6) is -3.37. The van der Waals surface area contributed by atoms with Gasteiger partial charge in [-0.25, -0.2) is 4.90 Å². The summed E-state index contributed by atoms with van der Waals surface area (Å²) >= 11 is 6.44. The fraction of sp³-hybridized carbons (Fsp3) is 0.224. The number of nitrogens with zero attached hydrogens (tertiary/aromatic N) is 2. The van der Waals surface area contributed by atoms with Crippen molar-refractivity contribution in [3.8, 4) is 17.2 Å². The standard InChI is InChI=1S/C49H41ClN2O7/c1-28-24-31(16-22-41(28)53)44-37-20-21-38-43(47(56)51(45(38)54)34-17-13-29(14-18-34)12-15-30-25-36(58-2)19-23-42(30)59-3)39(37)27-40-46(55)52(35-11-7-10-33(50)26-35)48(57)49(40,44)32-8-5-4-6-9-32/h4-20,22-26,38-40,43-44,53H,21,27H2,1-3H3. The lowest BCUT2D eigenvalue weighted by molar-refractivity contribution is -0.127. The minimum absolute atomic E-state index is 0.104. The van der Waals surface area contributed by atoms with E-state index < -0.39 is 35.0 Å². The van der Waals surface area contributed by atoms with Crippen LogP contribution >= 0.6 is 11.6 Å². The number of aromatic hydroxyl groups is 1. The van der Waals surface area contributed by atoms with E-state index in [-0.39, 0.29) is 35.8 Å². The molecule has 3 fully saturated rings. The molecule has 2 aliphatic heterocycles. The fourth-order valence-electron chi connectivity index (χ4n) is 10.1. The first-order chi connectivity index (χ1) is 28.6. The van der Waals surface area contributed by atoms with Gasteiger partial charge in [0.05, 0.1) is 48.8 Å². The van der Waals surface area contributed by atoms with Crippen LogP contribution < -0.4 is 19.3 Å². The molecule has 1 N–H and O–H groups in total. The molecule has 0 radical (unpaired) electrons. The highest BCUT2D eigenvalue weighted by atomic mass is 35.5. The van der Waals surface area contributed by atoms with Crippen LogP contribution in [0.15, 0.2) is 127 Å². The monoisotopic (exact) mass is 804 g/mol. The number of hydrogen-bond acceptors (Lipinski definition) is 7. The topological polar surface area (TPSA) is 113 Å². The summed E-state index contributed by atoms with van der Waals surface area (Å²) in [5.41, 5.74) is 3.99. The van der Waals surface area contributed by atoms with Crippen LogP contribution in [0.5, 0.6) is 17.2 Å². The number of phenols is 1. The number of imide groups is 2. The second-order valence-corrected chi connectivity index (χ2v) is 16.1. The molecule has 0 bridgehead atoms. The third-order valence-electron chi connectivity index (χ3n) is 12.8. The molecular formula is C49H41ClN2O7. The maximum atomic E-state index is 15.4. The van der Waals surface area contributed by atoms with Gasteiger partial charge >= 0.3 is 0 Å². The van der Waals surface area contributed by atoms with Crippen molar-refractivity contribution in [1.82, 2.24) is 0 Å². The van der Waals surface area contributed by atoms with Gasteiger partial charge in [0.2, 0.25) is 23.6 Å². The number of rotatable bonds is 8. The number of carbonyl (C=O) groups is 4. The highest BCUT2D eigenvalue weighted by Crippen LogP contribution is 2.64. The number of phenolic OH excluding ortho intramolecular Hbond substituents is 1. The van der Waals surface area contributed by atoms with Gasteiger partial charge in [0.25, 0.3) is 0 Å². The van der Waals surface area contributed by atoms with Crippen molar-refractivity contribution in [3.05, 3.63) is 160 Å². The Morgan fingerprint density at radius 1 is 0.746 bits per heavy atom. The first-order valence-corrected chi connectivity index (χ1v) is 20.0. The molecule has 5 aromatic rings. The second-order valence-electron chi connectivity index (χ2n) is 15.7. The summed E-state index contributed by atoms with van der Waals surface area (Å²) in [7, 11) is 3.21. The van der Waals surface area contributed by atoms with Crippen molar-refractivity contribution in [2.75, 3.05) is 24.0 Å². The summed E-state index contributed by atoms with van der Waals surface area (Å²) in [6.45, 7) is 1.80. The summed E-state index contributed by atoms with van der Waals surface area (Å²) in [6, 6.07) is 34.2. The Balaban J connectivity index is 1.12. The molecule has 4 aliphatic rings. The van der Waals surface area contributed by atoms with Gasteiger partial charge in [-0.15, -0.1) is 0 Å². The van der Waals surface area contributed by atoms with Crippen LogP contribution in [-0.2, 0) is 24.6 Å². The zero-order chi connectivity index (χ0) is 41.2. The molecule has 10 heteroatoms. The van der Waals surface area contributed by atoms with Crippen molar-refractivity contribution in [2.45, 2.75) is 31.1 Å². The van der Waals surface area contributed by atoms with Gasteiger partial charge < -0.3 is 14.6 Å². The molecule has 296 valence electrons. The van der Waals surface area contributed by atoms with Gasteiger partial charge in [0, 0.05) is 16.5 Å². The van der Waals surface area contributed by atoms with Crippen molar-refractivity contribution < 1.29 is 33.8 Å². The van der Waals surface area contributed by atoms with Crippen molar-refractivity contribution in [2.24, 2.45) is 23.7 Å². The van der Waals surface area contributed by atoms with Crippen LogP contribution in [0.2, 0.25) is 5.02 Å². The number of hydrogen-bond donors (Lipinski definition) is 1. The average molecular weight is 805 g/mol. The summed E-state index contributed by atoms with van der Waals surface area (Å²) in [6.07, 6.45) is 6.35. The zero-order valence-electron chi connectivity index (χ0n) is 32.7. The van der Waals surface area contributed by atoms with Crippen LogP contribution in [-0.4, -0.2) is 43.0 Å². The van der Waals surface area contributed by atoms with Crippen LogP contribution in [0, 0.1) is 30.6 Å². The molecule has 4 amide bonds. The van der Waals surface area contributed by atoms with Crippen LogP contribution in [0.1, 0.15) is 46.6 Å². The van der Waals surface area contributed by atoms with Gasteiger partial charge in [0.15, 0.2) is 0 Å². The highest BCUT2D eigenvalue weighted by Gasteiger charge is 2.70. The largest absolute Gasteiger partial charge is 0.508 e. The molecule has 2 aliphatic carbocycles. The number of benzene rings is 5. The molecule has 1 saturated carbocycles. The number of halogens is 1. The van der Waals surface area contributed by atoms with Crippen molar-refractivity contribution in [3.63, 3.8) is 0 Å². The molecule has 6 atom stereocenters. The Kier molecular flexibility index (Phi) is 9.51. The van der Waals surface area contributed by atoms with Crippen LogP contribution in [0.4, 0.5) is 11.4 Å². The van der Waals surface area contributed by atoms with Gasteiger partial charge in [0.1, 0.15) is 17.2 Å². The summed E-state index contributed by atoms with van der Waals surface area (Å²) < 4.78 is 10.9. The van der Waals surface area contributed by atoms with E-state index in [0.717, 1.165) is 22.3 Å². The first kappa shape index (κ1) is 38.1. The predicted octanol–water partition coefficient (Wildman–Crippen LogP) is 8.91. The number of carbonyl (C=O) groups excluding carboxylic acids is 4. The van der Waals surface area contributed by atoms with Gasteiger partial charge in [-0.05, 0) is 103 Å². The second kappa shape index (κ2) is 14.7. The van der Waals surface area contributed by atoms with Crippen LogP contribution in [0.3, 0.4) is 0 Å². The molecule has 9 rings (SSSR count). The Morgan fingerprint density at radius 3 is 2.24 bits per heavy atom. The third-order valence-corrected chi connectivity index (χ3v) is 13.0. The lowest BCUT2D eigenvalue weighted by Gasteiger charge is -2.50. The van der Waals surface area contributed by atoms with Gasteiger partial charge in [-0.2, -0.15) is 0 Å². The van der Waals surface area contributed by atoms with Crippen molar-refractivity contribution >= 4 is 58.8 Å². The number of amides is 4. The van der Waals surface area contributed by atoms with E-state index in [1.165, 1.54) is 9.80 Å². The number of methoxy groups -OCH3 is 2. The number of anilines is 2. The molecule has 59 heavy (non-hydrogen) atoms. The third kappa shape index (κ3) is 5.97. The predicted molar refractivity (Wildman–Crippen MR) is 226 cm³/mol. The zero-order valence-corrected chi connectivity index (χ0v) is 33.4. The normalized spacial score (nSPS) is 24.9. The van der Waals surface area contributed by atoms with Crippen molar-refractivity contribution in [1.29, 1.82) is 0 Å². The smallest absolute Gasteiger partial charge is 0.246 e. The number of aryl methyl sites for hydroxylation is 1. The average Bonchev–Trinajstić information content (AvgIpc) is 3.64. The lowest BCUT2D eigenvalue weighted by atomic mass is 9.49. The minimum atomic E-state index is -1.40. The first-order valence-electron chi connectivity index (χ1n) is 19.6. The molecule has 2 saturated heterocycles. The quantitative estimate of drug-likeness (QED) is 0.0947. The highest BCUT2D eigenvalue weighted by molar-refractivity contribution is 6.32. The minimum Gasteiger partial charge on any atom is -0.508 e. The summed E-state index contributed by atoms with van der Waals surface area (Å²) in [4.78, 5) is 62.1. The molecular weight excluding hydrogens is 764 g/mol. The SMILES string of the molecule is COc1ccc(OC)c(C=Cc2ccc(N3C(=O)C4CC=C5C(CC6C(=O)N(c7cccc(Cl)c7)C(=O)C6(c6ccccc6)C5c5ccc(O)c(C)c5)C4C3=O)cc2)c1. The Morgan fingerprint density at radius 2 is 1.53 bits per heavy atom.